The molecule has 0 bridgehead atoms. The number of hydrogen-bond donors (Lipinski definition) is 2. The van der Waals surface area contributed by atoms with Gasteiger partial charge in [0.2, 0.25) is 0 Å². The second-order valence-corrected chi connectivity index (χ2v) is 5.79. The van der Waals surface area contributed by atoms with Gasteiger partial charge in [-0.15, -0.1) is 0 Å². The number of thiocarbonyl (C=S) groups is 1. The lowest BCUT2D eigenvalue weighted by Crippen LogP contribution is -2.30. The number of aromatic nitrogens is 2. The van der Waals surface area contributed by atoms with Gasteiger partial charge in [0, 0.05) is 29.9 Å². The van der Waals surface area contributed by atoms with Gasteiger partial charge in [-0.05, 0) is 29.9 Å². The van der Waals surface area contributed by atoms with Crippen LogP contribution in [0.3, 0.4) is 0 Å². The van der Waals surface area contributed by atoms with Crippen molar-refractivity contribution in [3.63, 3.8) is 0 Å². The summed E-state index contributed by atoms with van der Waals surface area (Å²) in [6.45, 7) is 1.80. The Kier molecular flexibility index (Phi) is 6.45. The normalized spacial score (nSPS) is 10.5. The summed E-state index contributed by atoms with van der Waals surface area (Å²) in [6.07, 6.45) is 3.56. The van der Waals surface area contributed by atoms with Gasteiger partial charge >= 0.3 is 0 Å². The number of hydrogen-bond acceptors (Lipinski definition) is 3. The van der Waals surface area contributed by atoms with E-state index in [1.54, 1.807) is 30.1 Å². The van der Waals surface area contributed by atoms with Gasteiger partial charge in [-0.3, -0.25) is 4.68 Å². The fourth-order valence-corrected chi connectivity index (χ4v) is 2.47. The summed E-state index contributed by atoms with van der Waals surface area (Å²) in [4.78, 5) is 0. The largest absolute Gasteiger partial charge is 0.383 e. The molecule has 2 N–H and O–H groups in total. The molecule has 0 saturated carbocycles. The average Bonchev–Trinajstić information content (AvgIpc) is 2.89. The van der Waals surface area contributed by atoms with Crippen LogP contribution in [0.5, 0.6) is 0 Å². The minimum absolute atomic E-state index is 0.529. The molecular weight excluding hydrogens is 343 g/mol. The fraction of sp³-hybridized carbons (Fsp3) is 0.286. The third kappa shape index (κ3) is 5.14. The van der Waals surface area contributed by atoms with Crippen LogP contribution < -0.4 is 10.6 Å². The molecule has 0 saturated heterocycles. The van der Waals surface area contributed by atoms with Crippen LogP contribution in [0, 0.1) is 0 Å². The Morgan fingerprint density at radius 1 is 1.41 bits per heavy atom. The molecule has 0 atom stereocenters. The Hall–Kier alpha value is -1.34. The van der Waals surface area contributed by atoms with E-state index in [9.17, 15) is 0 Å². The van der Waals surface area contributed by atoms with Gasteiger partial charge in [0.15, 0.2) is 5.11 Å². The Bertz CT molecular complexity index is 648. The Morgan fingerprint density at radius 3 is 2.95 bits per heavy atom. The first-order chi connectivity index (χ1) is 10.6. The van der Waals surface area contributed by atoms with E-state index in [2.05, 4.69) is 15.7 Å². The number of nitrogens with zero attached hydrogens (tertiary/aromatic N) is 2. The van der Waals surface area contributed by atoms with Crippen LogP contribution >= 0.6 is 35.4 Å². The quantitative estimate of drug-likeness (QED) is 0.613. The first kappa shape index (κ1) is 17.0. The minimum Gasteiger partial charge on any atom is -0.383 e. The molecule has 0 radical (unpaired) electrons. The SMILES string of the molecule is COCCNC(=S)Nc1cnn(Cc2ccc(Cl)cc2Cl)c1. The number of halogens is 2. The number of ether oxygens (including phenoxy) is 1. The van der Waals surface area contributed by atoms with Gasteiger partial charge in [0.25, 0.3) is 0 Å². The molecule has 0 spiro atoms. The zero-order valence-electron chi connectivity index (χ0n) is 12.0. The van der Waals surface area contributed by atoms with E-state index >= 15 is 0 Å². The maximum atomic E-state index is 6.16. The van der Waals surface area contributed by atoms with E-state index in [1.165, 1.54) is 0 Å². The summed E-state index contributed by atoms with van der Waals surface area (Å²) in [7, 11) is 1.64. The molecule has 1 aromatic carbocycles. The standard InChI is InChI=1S/C14H16Cl2N4OS/c1-21-5-4-17-14(22)19-12-7-18-20(9-12)8-10-2-3-11(15)6-13(10)16/h2-3,6-7,9H,4-5,8H2,1H3,(H2,17,19,22). The smallest absolute Gasteiger partial charge is 0.170 e. The second kappa shape index (κ2) is 8.33. The highest BCUT2D eigenvalue weighted by Crippen LogP contribution is 2.21. The van der Waals surface area contributed by atoms with E-state index < -0.39 is 0 Å². The van der Waals surface area contributed by atoms with Gasteiger partial charge in [-0.1, -0.05) is 29.3 Å². The molecule has 0 fully saturated rings. The summed E-state index contributed by atoms with van der Waals surface area (Å²) >= 11 is 17.2. The van der Waals surface area contributed by atoms with Crippen molar-refractivity contribution < 1.29 is 4.74 Å². The molecule has 118 valence electrons. The summed E-state index contributed by atoms with van der Waals surface area (Å²) in [6, 6.07) is 5.41. The van der Waals surface area contributed by atoms with Crippen LogP contribution in [0.2, 0.25) is 10.0 Å². The summed E-state index contributed by atoms with van der Waals surface area (Å²) in [5.41, 5.74) is 1.75. The molecule has 1 aromatic heterocycles. The van der Waals surface area contributed by atoms with Gasteiger partial charge in [-0.25, -0.2) is 0 Å². The molecular formula is C14H16Cl2N4OS. The Balaban J connectivity index is 1.92. The van der Waals surface area contributed by atoms with Crippen LogP contribution in [0.1, 0.15) is 5.56 Å². The molecule has 2 aromatic rings. The molecule has 0 amide bonds. The van der Waals surface area contributed by atoms with Crippen molar-refractivity contribution in [2.24, 2.45) is 0 Å². The van der Waals surface area contributed by atoms with Crippen molar-refractivity contribution in [1.29, 1.82) is 0 Å². The van der Waals surface area contributed by atoms with Crippen LogP contribution in [-0.4, -0.2) is 35.2 Å². The highest BCUT2D eigenvalue weighted by atomic mass is 35.5. The predicted molar refractivity (Wildman–Crippen MR) is 93.9 cm³/mol. The topological polar surface area (TPSA) is 51.1 Å². The Labute approximate surface area is 144 Å². The molecule has 0 aliphatic heterocycles. The fourth-order valence-electron chi connectivity index (χ4n) is 1.78. The zero-order chi connectivity index (χ0) is 15.9. The van der Waals surface area contributed by atoms with Crippen molar-refractivity contribution in [2.75, 3.05) is 25.6 Å². The van der Waals surface area contributed by atoms with Crippen LogP contribution in [0.4, 0.5) is 5.69 Å². The first-order valence-corrected chi connectivity index (χ1v) is 7.75. The maximum absolute atomic E-state index is 6.16. The van der Waals surface area contributed by atoms with Crippen LogP contribution in [0.25, 0.3) is 0 Å². The summed E-state index contributed by atoms with van der Waals surface area (Å²) in [5, 5.41) is 12.1. The van der Waals surface area contributed by atoms with E-state index in [0.717, 1.165) is 11.3 Å². The summed E-state index contributed by atoms with van der Waals surface area (Å²) in [5.74, 6) is 0. The minimum atomic E-state index is 0.529. The first-order valence-electron chi connectivity index (χ1n) is 6.58. The third-order valence-electron chi connectivity index (χ3n) is 2.83. The molecule has 1 heterocycles. The predicted octanol–water partition coefficient (Wildman–Crippen LogP) is 3.17. The van der Waals surface area contributed by atoms with Crippen LogP contribution in [-0.2, 0) is 11.3 Å². The number of benzene rings is 1. The van der Waals surface area contributed by atoms with Crippen molar-refractivity contribution in [2.45, 2.75) is 6.54 Å². The van der Waals surface area contributed by atoms with Crippen molar-refractivity contribution in [1.82, 2.24) is 15.1 Å². The number of methoxy groups -OCH3 is 1. The lowest BCUT2D eigenvalue weighted by atomic mass is 10.2. The van der Waals surface area contributed by atoms with Crippen LogP contribution in [0.15, 0.2) is 30.6 Å². The number of anilines is 1. The monoisotopic (exact) mass is 358 g/mol. The lowest BCUT2D eigenvalue weighted by molar-refractivity contribution is 0.204. The molecule has 2 rings (SSSR count). The summed E-state index contributed by atoms with van der Waals surface area (Å²) < 4.78 is 6.72. The van der Waals surface area contributed by atoms with E-state index in [1.807, 2.05) is 12.3 Å². The van der Waals surface area contributed by atoms with Crippen molar-refractivity contribution >= 4 is 46.2 Å². The highest BCUT2D eigenvalue weighted by Gasteiger charge is 2.05. The third-order valence-corrected chi connectivity index (χ3v) is 3.66. The Morgan fingerprint density at radius 2 is 2.23 bits per heavy atom. The average molecular weight is 359 g/mol. The van der Waals surface area contributed by atoms with Gasteiger partial charge in [0.1, 0.15) is 0 Å². The van der Waals surface area contributed by atoms with E-state index in [4.69, 9.17) is 40.2 Å². The molecule has 22 heavy (non-hydrogen) atoms. The van der Waals surface area contributed by atoms with Gasteiger partial charge < -0.3 is 15.4 Å². The van der Waals surface area contributed by atoms with Gasteiger partial charge in [0.05, 0.1) is 25.0 Å². The molecule has 0 unspecified atom stereocenters. The number of nitrogens with one attached hydrogen (secondary N) is 2. The molecule has 0 aliphatic rings. The maximum Gasteiger partial charge on any atom is 0.170 e. The van der Waals surface area contributed by atoms with Crippen molar-refractivity contribution in [3.05, 3.63) is 46.2 Å². The second-order valence-electron chi connectivity index (χ2n) is 4.54. The molecule has 5 nitrogen and oxygen atoms in total. The highest BCUT2D eigenvalue weighted by molar-refractivity contribution is 7.80. The lowest BCUT2D eigenvalue weighted by Gasteiger charge is -2.08. The van der Waals surface area contributed by atoms with Gasteiger partial charge in [-0.2, -0.15) is 5.10 Å². The van der Waals surface area contributed by atoms with Crippen molar-refractivity contribution in [3.8, 4) is 0 Å². The van der Waals surface area contributed by atoms with E-state index in [0.29, 0.717) is 34.9 Å². The molecule has 8 heteroatoms. The van der Waals surface area contributed by atoms with E-state index in [-0.39, 0.29) is 0 Å². The zero-order valence-corrected chi connectivity index (χ0v) is 14.3. The number of rotatable bonds is 6. The molecule has 0 aliphatic carbocycles.